The van der Waals surface area contributed by atoms with Crippen LogP contribution in [0.15, 0.2) is 267 Å². The van der Waals surface area contributed by atoms with Crippen LogP contribution in [0, 0.1) is 27.7 Å². The standard InChI is InChI=1S/C60H50O12.C46H42O8.H11OP11.H10OP10/c1-37-32-44(14-13-39(37)29-31-65-34-49-36-68-49)59(63)69-46-22-15-42(16-23-46)57(61)71-53-27-19-40-8-3-5-11-50(40)55(53)56-51-12-6-4-9-41(51)20-28-54(56)72-58(62)43-17-24-47(25-18-43)70-60(64)45-21-26-52(38(2)33-45)66-30-7-10-48-35-67-48;1-29-25-33(17-19-39(29)49-23-7-11-35-27-51-35)45(47)53-41-21-15-31-9-3-5-13-37(31)43(41)44-38-14-6-4-10-32(38)16-22-42(44)54-46(48)34-18-20-40(30(2)26-34)50-24-8-12-36-28-52-36;1-7-11(9(3)4)12(8-2)10(5)6;1-7-11(9(4)5)10(6)8(2)3/h3-6,8-9,11-28,32-33,48-49H,7,10,29-31,34-36H2,1-2H3;3-6,9-10,13-22,25-26,35-36H,7-8,11-12,23-24,27-28H2,1-2H3;8H,2-6H2;2-6H2. The second-order valence-electron chi connectivity index (χ2n) is 34.7. The van der Waals surface area contributed by atoms with E-state index in [4.69, 9.17) is 66.3 Å². The lowest BCUT2D eigenvalue weighted by Crippen LogP contribution is -2.12. The van der Waals surface area contributed by atoms with Crippen LogP contribution in [0.4, 0.5) is 0 Å². The van der Waals surface area contributed by atoms with Gasteiger partial charge in [0, 0.05) is 22.3 Å². The minimum atomic E-state index is -0.659. The molecule has 0 radical (unpaired) electrons. The molecule has 0 aliphatic carbocycles. The maximum absolute atomic E-state index is 14.0. The molecule has 18 rings (SSSR count). The van der Waals surface area contributed by atoms with E-state index in [1.165, 1.54) is 36.4 Å². The largest absolute Gasteiger partial charge is 0.493 e. The molecule has 4 aliphatic rings. The summed E-state index contributed by atoms with van der Waals surface area (Å²) in [6, 6.07) is 79.3. The molecular formula is C106H113O22P21. The maximum atomic E-state index is 14.0. The third-order valence-corrected chi connectivity index (χ3v) is 135. The SMILES string of the molecule is Cc1cc(C(=O)Oc2ccc(C(=O)Oc3ccc4ccccc4c3-c3c(OC(=O)c4ccc(OC(=O)c5ccc(OCCCC6CO6)c(C)c5)cc4)ccc4ccccc34)cc2)ccc1CCOCC1CO1.Cc1cc(C(=O)Oc2ccc3ccccc3c2-c2c(OC(=O)c3ccc(OCCCC4CO4)c(C)c3)ccc3ccccc23)ccc1OCCCC1CO1.O=PP(P(P)P)P(P)P(P)P.O=PP(P(P)P)P(PP)P(P)P. The van der Waals surface area contributed by atoms with E-state index in [9.17, 15) is 37.9 Å². The van der Waals surface area contributed by atoms with Crippen molar-refractivity contribution in [3.63, 3.8) is 0 Å². The summed E-state index contributed by atoms with van der Waals surface area (Å²) >= 11 is 0. The number of carbonyl (C=O) groups is 6. The van der Waals surface area contributed by atoms with Crippen molar-refractivity contribution in [1.82, 2.24) is 0 Å². The number of hydrogen-bond acceptors (Lipinski definition) is 22. The van der Waals surface area contributed by atoms with Crippen LogP contribution in [-0.4, -0.2) is 120 Å². The molecule has 4 aliphatic heterocycles. The van der Waals surface area contributed by atoms with Crippen molar-refractivity contribution in [3.8, 4) is 74.0 Å². The first kappa shape index (κ1) is 117. The Morgan fingerprint density at radius 1 is 0.322 bits per heavy atom. The highest BCUT2D eigenvalue weighted by molar-refractivity contribution is 9.17. The molecule has 0 saturated carbocycles. The first-order chi connectivity index (χ1) is 72.1. The van der Waals surface area contributed by atoms with Crippen LogP contribution in [0.1, 0.15) is 128 Å². The van der Waals surface area contributed by atoms with E-state index in [0.29, 0.717) is 136 Å². The van der Waals surface area contributed by atoms with Crippen molar-refractivity contribution >= 4 is 248 Å². The van der Waals surface area contributed by atoms with Crippen molar-refractivity contribution in [2.24, 2.45) is 0 Å². The first-order valence-electron chi connectivity index (χ1n) is 47.3. The summed E-state index contributed by atoms with van der Waals surface area (Å²) in [7, 11) is 29.9. The Hall–Kier alpha value is -5.49. The fourth-order valence-corrected chi connectivity index (χ4v) is 151. The third kappa shape index (κ3) is 33.8. The molecule has 19 atom stereocenters. The number of fused-ring (bicyclic) bond motifs is 4. The molecule has 774 valence electrons. The molecule has 22 nitrogen and oxygen atoms in total. The lowest BCUT2D eigenvalue weighted by Gasteiger charge is -2.26. The number of rotatable bonds is 43. The molecule has 14 aromatic carbocycles. The van der Waals surface area contributed by atoms with Gasteiger partial charge in [0.2, 0.25) is 0 Å². The van der Waals surface area contributed by atoms with Gasteiger partial charge in [-0.3, -0.25) is 9.13 Å². The molecular weight excluding hydrogens is 2280 g/mol. The Labute approximate surface area is 904 Å². The summed E-state index contributed by atoms with van der Waals surface area (Å²) in [6.45, 7) is 12.7. The Bertz CT molecular complexity index is 6740. The van der Waals surface area contributed by atoms with Gasteiger partial charge in [0.15, 0.2) is 16.3 Å². The number of benzene rings is 14. The zero-order chi connectivity index (χ0) is 105. The van der Waals surface area contributed by atoms with Crippen LogP contribution >= 0.6 is 169 Å². The van der Waals surface area contributed by atoms with Crippen LogP contribution in [0.25, 0.3) is 65.3 Å². The predicted molar refractivity (Wildman–Crippen MR) is 655 cm³/mol. The Morgan fingerprint density at radius 2 is 0.611 bits per heavy atom. The number of epoxide rings is 4. The van der Waals surface area contributed by atoms with Gasteiger partial charge in [0.1, 0.15) is 57.8 Å². The van der Waals surface area contributed by atoms with Gasteiger partial charge in [0.25, 0.3) is 0 Å². The summed E-state index contributed by atoms with van der Waals surface area (Å²) < 4.78 is 103. The van der Waals surface area contributed by atoms with E-state index in [-0.39, 0.29) is 96.1 Å². The highest BCUT2D eigenvalue weighted by atomic mass is 33.2. The summed E-state index contributed by atoms with van der Waals surface area (Å²) in [5.74, 6) is 0.394. The van der Waals surface area contributed by atoms with E-state index < -0.39 is 35.8 Å². The highest BCUT2D eigenvalue weighted by Crippen LogP contribution is 3.12. The fraction of sp³-hybridized carbons (Fsp3) is 0.226. The number of aryl methyl sites for hydroxylation is 4. The minimum absolute atomic E-state index is 0.0118. The van der Waals surface area contributed by atoms with Gasteiger partial charge in [-0.05, 0) is 325 Å². The van der Waals surface area contributed by atoms with E-state index in [1.807, 2.05) is 167 Å². The summed E-state index contributed by atoms with van der Waals surface area (Å²) in [6.07, 6.45) is 7.63. The van der Waals surface area contributed by atoms with Crippen LogP contribution in [-0.2, 0) is 39.2 Å². The van der Waals surface area contributed by atoms with Gasteiger partial charge in [-0.25, -0.2) is 28.8 Å². The number of esters is 6. The summed E-state index contributed by atoms with van der Waals surface area (Å²) in [5, 5.41) is 6.81. The molecule has 4 fully saturated rings. The highest BCUT2D eigenvalue weighted by Gasteiger charge is 2.33. The normalized spacial score (nSPS) is 15.6. The lowest BCUT2D eigenvalue weighted by atomic mass is 9.92. The number of ether oxygens (including phenoxy) is 14. The molecule has 4 saturated heterocycles. The quantitative estimate of drug-likeness (QED) is 0.0113. The van der Waals surface area contributed by atoms with Gasteiger partial charge in [-0.15, -0.1) is 89.3 Å². The fourth-order valence-electron chi connectivity index (χ4n) is 16.0. The van der Waals surface area contributed by atoms with Gasteiger partial charge >= 0.3 is 35.8 Å². The number of hydrogen-bond donors (Lipinski definition) is 0. The molecule has 149 heavy (non-hydrogen) atoms. The molecule has 0 amide bonds. The molecule has 0 bridgehead atoms. The van der Waals surface area contributed by atoms with Crippen molar-refractivity contribution < 1.29 is 104 Å². The summed E-state index contributed by atoms with van der Waals surface area (Å²) in [5.41, 5.74) is 8.87. The Balaban J connectivity index is 0.000000188. The van der Waals surface area contributed by atoms with Crippen molar-refractivity contribution in [2.75, 3.05) is 59.5 Å². The molecule has 43 heteroatoms. The molecule has 4 heterocycles. The number of carbonyl (C=O) groups excluding carboxylic acids is 6. The minimum Gasteiger partial charge on any atom is -0.493 e. The average molecular weight is 2390 g/mol. The Morgan fingerprint density at radius 3 is 0.879 bits per heavy atom. The third-order valence-electron chi connectivity index (χ3n) is 24.0. The van der Waals surface area contributed by atoms with Crippen LogP contribution in [0.2, 0.25) is 0 Å². The van der Waals surface area contributed by atoms with Crippen LogP contribution in [0.5, 0.6) is 51.7 Å². The van der Waals surface area contributed by atoms with Gasteiger partial charge in [-0.2, -0.15) is 0 Å². The topological polar surface area (TPSA) is 279 Å². The van der Waals surface area contributed by atoms with E-state index in [2.05, 4.69) is 89.3 Å². The lowest BCUT2D eigenvalue weighted by molar-refractivity contribution is 0.0719. The van der Waals surface area contributed by atoms with E-state index in [0.717, 1.165) is 155 Å². The second-order valence-corrected chi connectivity index (χ2v) is 109. The van der Waals surface area contributed by atoms with E-state index >= 15 is 0 Å². The second kappa shape index (κ2) is 58.2. The average Bonchev–Trinajstić information content (AvgIpc) is 1.61. The molecule has 19 unspecified atom stereocenters. The van der Waals surface area contributed by atoms with Gasteiger partial charge in [0.05, 0.1) is 125 Å². The maximum Gasteiger partial charge on any atom is 0.343 e. The molecule has 0 spiro atoms. The van der Waals surface area contributed by atoms with Crippen LogP contribution < -0.4 is 42.6 Å². The zero-order valence-corrected chi connectivity index (χ0v) is 103. The molecule has 14 aromatic rings. The van der Waals surface area contributed by atoms with Crippen molar-refractivity contribution in [2.45, 2.75) is 97.1 Å². The summed E-state index contributed by atoms with van der Waals surface area (Å²) in [4.78, 5) is 82.0. The molecule has 0 aromatic heterocycles. The van der Waals surface area contributed by atoms with E-state index in [1.54, 1.807) is 91.0 Å². The van der Waals surface area contributed by atoms with Crippen molar-refractivity contribution in [1.29, 1.82) is 0 Å². The molecule has 0 N–H and O–H groups in total. The van der Waals surface area contributed by atoms with Gasteiger partial charge in [-0.1, -0.05) is 135 Å². The Kier molecular flexibility index (Phi) is 45.9. The first-order valence-corrected chi connectivity index (χ1v) is 83.5. The van der Waals surface area contributed by atoms with Crippen LogP contribution in [0.3, 0.4) is 0 Å². The predicted octanol–water partition coefficient (Wildman–Crippen LogP) is 33.7. The van der Waals surface area contributed by atoms with Gasteiger partial charge < -0.3 is 66.3 Å². The zero-order valence-electron chi connectivity index (χ0n) is 81.8. The van der Waals surface area contributed by atoms with Crippen molar-refractivity contribution in [3.05, 3.63) is 328 Å². The monoisotopic (exact) mass is 2390 g/mol. The smallest absolute Gasteiger partial charge is 0.343 e.